The van der Waals surface area contributed by atoms with E-state index in [2.05, 4.69) is 21.7 Å². The Balaban J connectivity index is 1.67. The van der Waals surface area contributed by atoms with Gasteiger partial charge < -0.3 is 9.47 Å². The summed E-state index contributed by atoms with van der Waals surface area (Å²) in [5.41, 5.74) is 2.04. The fraction of sp³-hybridized carbons (Fsp3) is 0.318. The van der Waals surface area contributed by atoms with E-state index >= 15 is 0 Å². The maximum Gasteiger partial charge on any atom is 0.240 e. The molecule has 2 aromatic carbocycles. The smallest absolute Gasteiger partial charge is 0.240 e. The Labute approximate surface area is 169 Å². The molecule has 1 aliphatic rings. The lowest BCUT2D eigenvalue weighted by atomic mass is 10.1. The molecule has 1 aliphatic heterocycles. The van der Waals surface area contributed by atoms with Crippen LogP contribution < -0.4 is 0 Å². The third kappa shape index (κ3) is 3.83. The molecule has 1 fully saturated rings. The van der Waals surface area contributed by atoms with E-state index in [-0.39, 0.29) is 11.2 Å². The number of amides is 1. The van der Waals surface area contributed by atoms with Gasteiger partial charge in [-0.25, -0.2) is 0 Å². The summed E-state index contributed by atoms with van der Waals surface area (Å²) in [5.74, 6) is 1.01. The van der Waals surface area contributed by atoms with Crippen molar-refractivity contribution in [3.63, 3.8) is 0 Å². The van der Waals surface area contributed by atoms with Crippen LogP contribution in [0.1, 0.15) is 30.6 Å². The van der Waals surface area contributed by atoms with Crippen molar-refractivity contribution in [2.24, 2.45) is 0 Å². The zero-order valence-corrected chi connectivity index (χ0v) is 16.8. The Bertz CT molecular complexity index is 920. The molecule has 0 N–H and O–H groups in total. The molecular weight excluding hydrogens is 368 g/mol. The van der Waals surface area contributed by atoms with Crippen LogP contribution in [0.25, 0.3) is 11.4 Å². The number of rotatable bonds is 6. The largest absolute Gasteiger partial charge is 0.341 e. The molecule has 3 aromatic rings. The van der Waals surface area contributed by atoms with Gasteiger partial charge in [0.1, 0.15) is 5.25 Å². The van der Waals surface area contributed by atoms with Crippen molar-refractivity contribution in [3.8, 4) is 11.4 Å². The van der Waals surface area contributed by atoms with Crippen LogP contribution in [0.15, 0.2) is 65.8 Å². The lowest BCUT2D eigenvalue weighted by Gasteiger charge is -2.23. The maximum absolute atomic E-state index is 13.3. The number of carbonyl (C=O) groups is 1. The van der Waals surface area contributed by atoms with Gasteiger partial charge in [0.25, 0.3) is 0 Å². The molecule has 2 heterocycles. The number of likely N-dealkylation sites (tertiary alicyclic amines) is 1. The molecule has 0 unspecified atom stereocenters. The fourth-order valence-electron chi connectivity index (χ4n) is 3.56. The van der Waals surface area contributed by atoms with Crippen LogP contribution in [-0.4, -0.2) is 38.7 Å². The molecule has 5 nitrogen and oxygen atoms in total. The summed E-state index contributed by atoms with van der Waals surface area (Å²) >= 11 is 1.50. The molecule has 1 saturated heterocycles. The molecule has 0 radical (unpaired) electrons. The normalized spacial score (nSPS) is 15.0. The van der Waals surface area contributed by atoms with E-state index in [4.69, 9.17) is 0 Å². The minimum atomic E-state index is -0.308. The Kier molecular flexibility index (Phi) is 5.76. The second-order valence-electron chi connectivity index (χ2n) is 6.86. The molecular formula is C22H24N4OS. The summed E-state index contributed by atoms with van der Waals surface area (Å²) in [6, 6.07) is 20.1. The van der Waals surface area contributed by atoms with Gasteiger partial charge in [-0.3, -0.25) is 4.79 Å². The van der Waals surface area contributed by atoms with Crippen LogP contribution in [0.4, 0.5) is 0 Å². The monoisotopic (exact) mass is 392 g/mol. The van der Waals surface area contributed by atoms with Crippen LogP contribution in [0.3, 0.4) is 0 Å². The average molecular weight is 393 g/mol. The van der Waals surface area contributed by atoms with Crippen molar-refractivity contribution in [2.45, 2.75) is 36.7 Å². The van der Waals surface area contributed by atoms with Gasteiger partial charge in [-0.05, 0) is 25.3 Å². The van der Waals surface area contributed by atoms with Gasteiger partial charge >= 0.3 is 0 Å². The highest BCUT2D eigenvalue weighted by Gasteiger charge is 2.30. The average Bonchev–Trinajstić information content (AvgIpc) is 3.42. The van der Waals surface area contributed by atoms with Crippen LogP contribution >= 0.6 is 11.8 Å². The molecule has 0 spiro atoms. The Hall–Kier alpha value is -2.60. The van der Waals surface area contributed by atoms with E-state index in [0.29, 0.717) is 0 Å². The highest BCUT2D eigenvalue weighted by molar-refractivity contribution is 8.00. The third-order valence-corrected chi connectivity index (χ3v) is 6.26. The van der Waals surface area contributed by atoms with Gasteiger partial charge in [-0.15, -0.1) is 10.2 Å². The van der Waals surface area contributed by atoms with E-state index in [9.17, 15) is 4.79 Å². The predicted octanol–water partition coefficient (Wildman–Crippen LogP) is 4.42. The van der Waals surface area contributed by atoms with Gasteiger partial charge in [-0.1, -0.05) is 72.4 Å². The predicted molar refractivity (Wildman–Crippen MR) is 112 cm³/mol. The van der Waals surface area contributed by atoms with Crippen molar-refractivity contribution in [3.05, 3.63) is 66.2 Å². The molecule has 0 aliphatic carbocycles. The molecule has 1 amide bonds. The first-order chi connectivity index (χ1) is 13.8. The van der Waals surface area contributed by atoms with E-state index in [0.717, 1.165) is 54.6 Å². The zero-order valence-electron chi connectivity index (χ0n) is 16.0. The van der Waals surface area contributed by atoms with Crippen molar-refractivity contribution >= 4 is 17.7 Å². The summed E-state index contributed by atoms with van der Waals surface area (Å²) < 4.78 is 2.09. The van der Waals surface area contributed by atoms with Crippen LogP contribution in [0, 0.1) is 0 Å². The summed E-state index contributed by atoms with van der Waals surface area (Å²) in [6.45, 7) is 4.52. The number of carbonyl (C=O) groups excluding carboxylic acids is 1. The number of hydrogen-bond donors (Lipinski definition) is 0. The topological polar surface area (TPSA) is 51.0 Å². The molecule has 144 valence electrons. The van der Waals surface area contributed by atoms with Gasteiger partial charge in [0, 0.05) is 25.2 Å². The zero-order chi connectivity index (χ0) is 19.3. The fourth-order valence-corrected chi connectivity index (χ4v) is 4.74. The number of benzene rings is 2. The highest BCUT2D eigenvalue weighted by Crippen LogP contribution is 2.37. The quantitative estimate of drug-likeness (QED) is 0.583. The maximum atomic E-state index is 13.3. The van der Waals surface area contributed by atoms with Crippen molar-refractivity contribution in [1.82, 2.24) is 19.7 Å². The standard InChI is InChI=1S/C22H24N4OS/c1-2-26-20(18-13-7-4-8-14-18)23-24-22(26)28-19(17-11-5-3-6-12-17)21(27)25-15-9-10-16-25/h3-8,11-14,19H,2,9-10,15-16H2,1H3/t19-/m0/s1. The van der Waals surface area contributed by atoms with Gasteiger partial charge in [0.15, 0.2) is 11.0 Å². The number of thioether (sulfide) groups is 1. The SMILES string of the molecule is CCn1c(S[C@H](C(=O)N2CCCC2)c2ccccc2)nnc1-c1ccccc1. The van der Waals surface area contributed by atoms with E-state index in [1.54, 1.807) is 0 Å². The van der Waals surface area contributed by atoms with Crippen LogP contribution in [-0.2, 0) is 11.3 Å². The summed E-state index contributed by atoms with van der Waals surface area (Å²) in [4.78, 5) is 15.3. The summed E-state index contributed by atoms with van der Waals surface area (Å²) in [7, 11) is 0. The molecule has 0 bridgehead atoms. The summed E-state index contributed by atoms with van der Waals surface area (Å²) in [6.07, 6.45) is 2.17. The number of nitrogens with zero attached hydrogens (tertiary/aromatic N) is 4. The molecule has 1 aromatic heterocycles. The van der Waals surface area contributed by atoms with Crippen LogP contribution in [0.2, 0.25) is 0 Å². The van der Waals surface area contributed by atoms with Crippen molar-refractivity contribution in [2.75, 3.05) is 13.1 Å². The molecule has 1 atom stereocenters. The van der Waals surface area contributed by atoms with E-state index in [1.165, 1.54) is 11.8 Å². The summed E-state index contributed by atoms with van der Waals surface area (Å²) in [5, 5.41) is 9.34. The second kappa shape index (κ2) is 8.61. The Morgan fingerprint density at radius 1 is 1.00 bits per heavy atom. The first kappa shape index (κ1) is 18.7. The first-order valence-corrected chi connectivity index (χ1v) is 10.6. The molecule has 28 heavy (non-hydrogen) atoms. The number of aromatic nitrogens is 3. The molecule has 0 saturated carbocycles. The van der Waals surface area contributed by atoms with E-state index in [1.807, 2.05) is 65.6 Å². The van der Waals surface area contributed by atoms with E-state index < -0.39 is 0 Å². The minimum Gasteiger partial charge on any atom is -0.341 e. The van der Waals surface area contributed by atoms with Crippen molar-refractivity contribution in [1.29, 1.82) is 0 Å². The highest BCUT2D eigenvalue weighted by atomic mass is 32.2. The van der Waals surface area contributed by atoms with Gasteiger partial charge in [0.2, 0.25) is 5.91 Å². The lowest BCUT2D eigenvalue weighted by molar-refractivity contribution is -0.129. The lowest BCUT2D eigenvalue weighted by Crippen LogP contribution is -2.31. The molecule has 6 heteroatoms. The number of hydrogen-bond acceptors (Lipinski definition) is 4. The first-order valence-electron chi connectivity index (χ1n) is 9.77. The third-order valence-electron chi connectivity index (χ3n) is 5.03. The van der Waals surface area contributed by atoms with Gasteiger partial charge in [-0.2, -0.15) is 0 Å². The molecule has 4 rings (SSSR count). The van der Waals surface area contributed by atoms with Gasteiger partial charge in [0.05, 0.1) is 0 Å². The van der Waals surface area contributed by atoms with Crippen molar-refractivity contribution < 1.29 is 4.79 Å². The second-order valence-corrected chi connectivity index (χ2v) is 7.93. The Morgan fingerprint density at radius 3 is 2.29 bits per heavy atom. The van der Waals surface area contributed by atoms with Crippen LogP contribution in [0.5, 0.6) is 0 Å². The minimum absolute atomic E-state index is 0.167. The Morgan fingerprint density at radius 2 is 1.64 bits per heavy atom.